The molecule has 0 aromatic carbocycles. The maximum Gasteiger partial charge on any atom is 0.398 e. The first-order valence-corrected chi connectivity index (χ1v) is 5.67. The topological polar surface area (TPSA) is 58.6 Å². The number of carbonyl (C=O) groups excluding carboxylic acids is 2. The largest absolute Gasteiger partial charge is 0.453 e. The van der Waals surface area contributed by atoms with Gasteiger partial charge in [0.25, 0.3) is 0 Å². The fraction of sp³-hybridized carbons (Fsp3) is 0.818. The normalized spacial score (nSPS) is 17.9. The Morgan fingerprint density at radius 2 is 1.69 bits per heavy atom. The van der Waals surface area contributed by atoms with Gasteiger partial charge in [-0.3, -0.25) is 10.2 Å². The van der Waals surface area contributed by atoms with Crippen LogP contribution in [-0.2, 0) is 14.3 Å². The van der Waals surface area contributed by atoms with Crippen LogP contribution in [0.5, 0.6) is 0 Å². The van der Waals surface area contributed by atoms with E-state index in [2.05, 4.69) is 5.43 Å². The lowest BCUT2D eigenvalue weighted by atomic mass is 10.2. The first kappa shape index (κ1) is 13.0. The van der Waals surface area contributed by atoms with Crippen LogP contribution in [0.3, 0.4) is 0 Å². The molecule has 0 atom stereocenters. The van der Waals surface area contributed by atoms with Crippen molar-refractivity contribution in [2.45, 2.75) is 45.6 Å². The van der Waals surface area contributed by atoms with Crippen LogP contribution < -0.4 is 5.43 Å². The third-order valence-electron chi connectivity index (χ3n) is 2.20. The molecule has 1 amide bonds. The third kappa shape index (κ3) is 4.61. The van der Waals surface area contributed by atoms with Crippen molar-refractivity contribution in [3.63, 3.8) is 0 Å². The number of esters is 1. The summed E-state index contributed by atoms with van der Waals surface area (Å²) in [6.45, 7) is 6.81. The van der Waals surface area contributed by atoms with E-state index in [1.165, 1.54) is 6.42 Å². The van der Waals surface area contributed by atoms with Gasteiger partial charge in [-0.05, 0) is 33.6 Å². The Balaban J connectivity index is 2.36. The molecule has 0 aromatic rings. The lowest BCUT2D eigenvalue weighted by Gasteiger charge is -2.27. The van der Waals surface area contributed by atoms with E-state index in [1.54, 1.807) is 25.8 Å². The fourth-order valence-corrected chi connectivity index (χ4v) is 1.52. The number of piperidine rings is 1. The number of hydrogen-bond donors (Lipinski definition) is 1. The highest BCUT2D eigenvalue weighted by Gasteiger charge is 2.24. The number of nitrogens with zero attached hydrogens (tertiary/aromatic N) is 1. The van der Waals surface area contributed by atoms with Crippen LogP contribution in [0, 0.1) is 0 Å². The molecule has 0 unspecified atom stereocenters. The maximum atomic E-state index is 11.5. The summed E-state index contributed by atoms with van der Waals surface area (Å²) in [5, 5.41) is 1.77. The zero-order valence-electron chi connectivity index (χ0n) is 10.2. The van der Waals surface area contributed by atoms with Crippen molar-refractivity contribution in [3.8, 4) is 0 Å². The van der Waals surface area contributed by atoms with E-state index in [0.29, 0.717) is 0 Å². The third-order valence-corrected chi connectivity index (χ3v) is 2.20. The van der Waals surface area contributed by atoms with Gasteiger partial charge in [0.05, 0.1) is 0 Å². The lowest BCUT2D eigenvalue weighted by molar-refractivity contribution is -0.165. The van der Waals surface area contributed by atoms with Gasteiger partial charge in [0.2, 0.25) is 0 Å². The number of rotatable bonds is 1. The zero-order chi connectivity index (χ0) is 12.2. The fourth-order valence-electron chi connectivity index (χ4n) is 1.52. The van der Waals surface area contributed by atoms with Gasteiger partial charge >= 0.3 is 11.9 Å². The minimum Gasteiger partial charge on any atom is -0.453 e. The number of ether oxygens (including phenoxy) is 1. The molecular formula is C11H20N2O3. The highest BCUT2D eigenvalue weighted by molar-refractivity contribution is 6.32. The van der Waals surface area contributed by atoms with Crippen LogP contribution >= 0.6 is 0 Å². The second kappa shape index (κ2) is 5.30. The van der Waals surface area contributed by atoms with E-state index in [0.717, 1.165) is 25.9 Å². The van der Waals surface area contributed by atoms with Crippen LogP contribution in [0.15, 0.2) is 0 Å². The molecule has 1 N–H and O–H groups in total. The molecular weight excluding hydrogens is 208 g/mol. The van der Waals surface area contributed by atoms with Gasteiger partial charge < -0.3 is 4.74 Å². The number of nitrogens with one attached hydrogen (secondary N) is 1. The zero-order valence-corrected chi connectivity index (χ0v) is 10.2. The second-order valence-electron chi connectivity index (χ2n) is 4.99. The molecule has 5 nitrogen and oxygen atoms in total. The average molecular weight is 228 g/mol. The van der Waals surface area contributed by atoms with Gasteiger partial charge in [-0.1, -0.05) is 6.42 Å². The number of hydrazine groups is 1. The van der Waals surface area contributed by atoms with Gasteiger partial charge in [-0.25, -0.2) is 9.80 Å². The first-order valence-electron chi connectivity index (χ1n) is 5.67. The highest BCUT2D eigenvalue weighted by Crippen LogP contribution is 2.08. The number of amides is 1. The summed E-state index contributed by atoms with van der Waals surface area (Å²) in [5.74, 6) is -1.50. The van der Waals surface area contributed by atoms with Crippen LogP contribution in [0.4, 0.5) is 0 Å². The smallest absolute Gasteiger partial charge is 0.398 e. The van der Waals surface area contributed by atoms with E-state index < -0.39 is 17.5 Å². The van der Waals surface area contributed by atoms with Crippen LogP contribution in [0.1, 0.15) is 40.0 Å². The standard InChI is InChI=1S/C11H20N2O3/c1-11(2,3)16-10(15)9(14)12-13-7-5-4-6-8-13/h4-8H2,1-3H3,(H,12,14). The molecule has 5 heteroatoms. The molecule has 0 aromatic heterocycles. The van der Waals surface area contributed by atoms with Crippen molar-refractivity contribution in [2.75, 3.05) is 13.1 Å². The van der Waals surface area contributed by atoms with Crippen molar-refractivity contribution in [2.24, 2.45) is 0 Å². The van der Waals surface area contributed by atoms with E-state index >= 15 is 0 Å². The average Bonchev–Trinajstić information content (AvgIpc) is 2.16. The number of carbonyl (C=O) groups is 2. The quantitative estimate of drug-likeness (QED) is 0.534. The molecule has 1 fully saturated rings. The van der Waals surface area contributed by atoms with Gasteiger partial charge in [-0.15, -0.1) is 0 Å². The second-order valence-corrected chi connectivity index (χ2v) is 4.99. The molecule has 1 rings (SSSR count). The Morgan fingerprint density at radius 3 is 2.19 bits per heavy atom. The summed E-state index contributed by atoms with van der Waals surface area (Å²) in [6, 6.07) is 0. The van der Waals surface area contributed by atoms with E-state index in [9.17, 15) is 9.59 Å². The Hall–Kier alpha value is -1.10. The Kier molecular flexibility index (Phi) is 4.29. The van der Waals surface area contributed by atoms with Gasteiger partial charge in [0.15, 0.2) is 0 Å². The molecule has 1 saturated heterocycles. The van der Waals surface area contributed by atoms with Crippen LogP contribution in [0.25, 0.3) is 0 Å². The van der Waals surface area contributed by atoms with Crippen molar-refractivity contribution < 1.29 is 14.3 Å². The minimum absolute atomic E-state index is 0.629. The molecule has 0 spiro atoms. The van der Waals surface area contributed by atoms with E-state index in [-0.39, 0.29) is 0 Å². The SMILES string of the molecule is CC(C)(C)OC(=O)C(=O)NN1CCCCC1. The summed E-state index contributed by atoms with van der Waals surface area (Å²) < 4.78 is 4.96. The van der Waals surface area contributed by atoms with Crippen molar-refractivity contribution in [1.29, 1.82) is 0 Å². The Labute approximate surface area is 96.1 Å². The lowest BCUT2D eigenvalue weighted by Crippen LogP contribution is -2.49. The van der Waals surface area contributed by atoms with Crippen molar-refractivity contribution in [3.05, 3.63) is 0 Å². The van der Waals surface area contributed by atoms with E-state index in [4.69, 9.17) is 4.74 Å². The maximum absolute atomic E-state index is 11.5. The monoisotopic (exact) mass is 228 g/mol. The molecule has 16 heavy (non-hydrogen) atoms. The molecule has 0 aliphatic carbocycles. The summed E-state index contributed by atoms with van der Waals surface area (Å²) in [4.78, 5) is 22.8. The molecule has 1 aliphatic rings. The molecule has 0 bridgehead atoms. The van der Waals surface area contributed by atoms with Gasteiger partial charge in [-0.2, -0.15) is 0 Å². The molecule has 1 heterocycles. The molecule has 0 saturated carbocycles. The number of hydrogen-bond acceptors (Lipinski definition) is 4. The van der Waals surface area contributed by atoms with Gasteiger partial charge in [0, 0.05) is 13.1 Å². The van der Waals surface area contributed by atoms with E-state index in [1.807, 2.05) is 0 Å². The predicted molar refractivity (Wildman–Crippen MR) is 59.4 cm³/mol. The molecule has 0 radical (unpaired) electrons. The predicted octanol–water partition coefficient (Wildman–Crippen LogP) is 0.845. The van der Waals surface area contributed by atoms with Crippen LogP contribution in [0.2, 0.25) is 0 Å². The molecule has 1 aliphatic heterocycles. The van der Waals surface area contributed by atoms with Crippen LogP contribution in [-0.4, -0.2) is 35.6 Å². The summed E-state index contributed by atoms with van der Waals surface area (Å²) in [7, 11) is 0. The molecule has 92 valence electrons. The van der Waals surface area contributed by atoms with Crippen molar-refractivity contribution in [1.82, 2.24) is 10.4 Å². The minimum atomic E-state index is -0.821. The summed E-state index contributed by atoms with van der Waals surface area (Å²) in [5.41, 5.74) is 1.93. The Morgan fingerprint density at radius 1 is 1.12 bits per heavy atom. The summed E-state index contributed by atoms with van der Waals surface area (Å²) >= 11 is 0. The Bertz CT molecular complexity index is 265. The summed E-state index contributed by atoms with van der Waals surface area (Å²) in [6.07, 6.45) is 3.28. The van der Waals surface area contributed by atoms with Crippen molar-refractivity contribution >= 4 is 11.9 Å². The highest BCUT2D eigenvalue weighted by atomic mass is 16.6. The van der Waals surface area contributed by atoms with Gasteiger partial charge in [0.1, 0.15) is 5.60 Å². The first-order chi connectivity index (χ1) is 7.38.